The van der Waals surface area contributed by atoms with Gasteiger partial charge in [0.1, 0.15) is 5.75 Å². The van der Waals surface area contributed by atoms with Crippen molar-refractivity contribution in [2.75, 3.05) is 14.2 Å². The van der Waals surface area contributed by atoms with Crippen molar-refractivity contribution in [2.24, 2.45) is 0 Å². The maximum atomic E-state index is 6.06. The van der Waals surface area contributed by atoms with Gasteiger partial charge in [0.05, 0.1) is 7.11 Å². The highest BCUT2D eigenvalue weighted by Crippen LogP contribution is 2.30. The van der Waals surface area contributed by atoms with E-state index < -0.39 is 0 Å². The molecular formula is C11H16ClNO. The summed E-state index contributed by atoms with van der Waals surface area (Å²) < 4.78 is 5.31. The van der Waals surface area contributed by atoms with Crippen molar-refractivity contribution >= 4 is 11.6 Å². The summed E-state index contributed by atoms with van der Waals surface area (Å²) in [6.07, 6.45) is 0. The highest BCUT2D eigenvalue weighted by Gasteiger charge is 2.11. The van der Waals surface area contributed by atoms with Crippen LogP contribution >= 0.6 is 11.6 Å². The molecule has 1 aromatic carbocycles. The van der Waals surface area contributed by atoms with Crippen molar-refractivity contribution in [3.8, 4) is 5.75 Å². The van der Waals surface area contributed by atoms with E-state index in [0.29, 0.717) is 0 Å². The molecule has 0 fully saturated rings. The van der Waals surface area contributed by atoms with Crippen LogP contribution in [0.3, 0.4) is 0 Å². The zero-order valence-corrected chi connectivity index (χ0v) is 9.77. The first kappa shape index (κ1) is 11.3. The summed E-state index contributed by atoms with van der Waals surface area (Å²) in [5.74, 6) is 0.883. The van der Waals surface area contributed by atoms with E-state index >= 15 is 0 Å². The van der Waals surface area contributed by atoms with E-state index in [1.807, 2.05) is 26.1 Å². The molecule has 0 aliphatic heterocycles. The normalized spacial score (nSPS) is 12.6. The molecule has 0 saturated carbocycles. The van der Waals surface area contributed by atoms with Crippen LogP contribution in [0.4, 0.5) is 0 Å². The van der Waals surface area contributed by atoms with Crippen LogP contribution < -0.4 is 10.1 Å². The van der Waals surface area contributed by atoms with Crippen molar-refractivity contribution < 1.29 is 4.74 Å². The van der Waals surface area contributed by atoms with Crippen molar-refractivity contribution in [2.45, 2.75) is 19.9 Å². The van der Waals surface area contributed by atoms with E-state index in [-0.39, 0.29) is 6.04 Å². The predicted molar refractivity (Wildman–Crippen MR) is 60.2 cm³/mol. The fraction of sp³-hybridized carbons (Fsp3) is 0.455. The summed E-state index contributed by atoms with van der Waals surface area (Å²) in [7, 11) is 3.59. The number of nitrogens with one attached hydrogen (secondary N) is 1. The molecule has 0 aromatic heterocycles. The molecule has 0 saturated heterocycles. The Morgan fingerprint density at radius 1 is 1.43 bits per heavy atom. The highest BCUT2D eigenvalue weighted by atomic mass is 35.5. The van der Waals surface area contributed by atoms with Crippen LogP contribution in [0, 0.1) is 6.92 Å². The standard InChI is InChI=1S/C11H16ClNO/c1-7-5-11(14-4)9(6-10(7)12)8(2)13-3/h5-6,8,13H,1-4H3/t8-/m0/s1. The third-order valence-corrected chi connectivity index (χ3v) is 2.82. The molecule has 14 heavy (non-hydrogen) atoms. The van der Waals surface area contributed by atoms with E-state index in [1.165, 1.54) is 0 Å². The summed E-state index contributed by atoms with van der Waals surface area (Å²) in [4.78, 5) is 0. The zero-order chi connectivity index (χ0) is 10.7. The first-order chi connectivity index (χ1) is 6.60. The van der Waals surface area contributed by atoms with Crippen molar-refractivity contribution in [3.05, 3.63) is 28.3 Å². The number of benzene rings is 1. The first-order valence-electron chi connectivity index (χ1n) is 4.61. The van der Waals surface area contributed by atoms with Crippen LogP contribution in [-0.4, -0.2) is 14.2 Å². The monoisotopic (exact) mass is 213 g/mol. The molecule has 0 amide bonds. The molecule has 0 aliphatic carbocycles. The average Bonchev–Trinajstić information content (AvgIpc) is 2.20. The second-order valence-corrected chi connectivity index (χ2v) is 3.76. The Morgan fingerprint density at radius 3 is 2.57 bits per heavy atom. The Bertz CT molecular complexity index is 325. The summed E-state index contributed by atoms with van der Waals surface area (Å²) in [6.45, 7) is 4.04. The smallest absolute Gasteiger partial charge is 0.123 e. The summed E-state index contributed by atoms with van der Waals surface area (Å²) in [6, 6.07) is 4.16. The molecule has 1 rings (SSSR count). The zero-order valence-electron chi connectivity index (χ0n) is 9.02. The highest BCUT2D eigenvalue weighted by molar-refractivity contribution is 6.31. The first-order valence-corrected chi connectivity index (χ1v) is 4.99. The van der Waals surface area contributed by atoms with Crippen LogP contribution in [0.15, 0.2) is 12.1 Å². The van der Waals surface area contributed by atoms with Gasteiger partial charge in [0.15, 0.2) is 0 Å². The lowest BCUT2D eigenvalue weighted by Crippen LogP contribution is -2.13. The van der Waals surface area contributed by atoms with Gasteiger partial charge in [-0.15, -0.1) is 0 Å². The number of hydrogen-bond acceptors (Lipinski definition) is 2. The van der Waals surface area contributed by atoms with Gasteiger partial charge in [-0.25, -0.2) is 0 Å². The van der Waals surface area contributed by atoms with Gasteiger partial charge in [-0.1, -0.05) is 11.6 Å². The lowest BCUT2D eigenvalue weighted by molar-refractivity contribution is 0.403. The number of methoxy groups -OCH3 is 1. The van der Waals surface area contributed by atoms with Gasteiger partial charge in [0.2, 0.25) is 0 Å². The van der Waals surface area contributed by atoms with E-state index in [4.69, 9.17) is 16.3 Å². The fourth-order valence-corrected chi connectivity index (χ4v) is 1.51. The lowest BCUT2D eigenvalue weighted by Gasteiger charge is -2.16. The minimum Gasteiger partial charge on any atom is -0.496 e. The molecule has 0 bridgehead atoms. The number of hydrogen-bond donors (Lipinski definition) is 1. The lowest BCUT2D eigenvalue weighted by atomic mass is 10.1. The van der Waals surface area contributed by atoms with Gasteiger partial charge >= 0.3 is 0 Å². The maximum Gasteiger partial charge on any atom is 0.123 e. The number of halogens is 1. The Balaban J connectivity index is 3.19. The molecule has 1 atom stereocenters. The number of aryl methyl sites for hydroxylation is 1. The summed E-state index contributed by atoms with van der Waals surface area (Å²) >= 11 is 6.06. The Hall–Kier alpha value is -0.730. The predicted octanol–water partition coefficient (Wildman–Crippen LogP) is 2.94. The summed E-state index contributed by atoms with van der Waals surface area (Å²) in [5.41, 5.74) is 2.13. The molecule has 0 radical (unpaired) electrons. The molecule has 0 unspecified atom stereocenters. The average molecular weight is 214 g/mol. The van der Waals surface area contributed by atoms with Crippen LogP contribution in [0.1, 0.15) is 24.1 Å². The van der Waals surface area contributed by atoms with Crippen LogP contribution in [-0.2, 0) is 0 Å². The van der Waals surface area contributed by atoms with Crippen molar-refractivity contribution in [3.63, 3.8) is 0 Å². The van der Waals surface area contributed by atoms with E-state index in [0.717, 1.165) is 21.9 Å². The van der Waals surface area contributed by atoms with Gasteiger partial charge < -0.3 is 10.1 Å². The Kier molecular flexibility index (Phi) is 3.78. The van der Waals surface area contributed by atoms with Gasteiger partial charge in [-0.2, -0.15) is 0 Å². The van der Waals surface area contributed by atoms with Crippen molar-refractivity contribution in [1.29, 1.82) is 0 Å². The van der Waals surface area contributed by atoms with Crippen molar-refractivity contribution in [1.82, 2.24) is 5.32 Å². The SMILES string of the molecule is CN[C@@H](C)c1cc(Cl)c(C)cc1OC. The number of ether oxygens (including phenoxy) is 1. The van der Waals surface area contributed by atoms with Gasteiger partial charge in [-0.05, 0) is 38.6 Å². The van der Waals surface area contributed by atoms with E-state index in [1.54, 1.807) is 7.11 Å². The van der Waals surface area contributed by atoms with Crippen LogP contribution in [0.2, 0.25) is 5.02 Å². The molecule has 2 nitrogen and oxygen atoms in total. The molecule has 1 aromatic rings. The molecule has 78 valence electrons. The van der Waals surface area contributed by atoms with E-state index in [2.05, 4.69) is 12.2 Å². The van der Waals surface area contributed by atoms with Gasteiger partial charge in [0.25, 0.3) is 0 Å². The third kappa shape index (κ3) is 2.20. The minimum atomic E-state index is 0.239. The molecule has 0 spiro atoms. The van der Waals surface area contributed by atoms with E-state index in [9.17, 15) is 0 Å². The largest absolute Gasteiger partial charge is 0.496 e. The van der Waals surface area contributed by atoms with Crippen LogP contribution in [0.25, 0.3) is 0 Å². The molecular weight excluding hydrogens is 198 g/mol. The third-order valence-electron chi connectivity index (χ3n) is 2.41. The van der Waals surface area contributed by atoms with Gasteiger partial charge in [0, 0.05) is 16.6 Å². The minimum absolute atomic E-state index is 0.239. The summed E-state index contributed by atoms with van der Waals surface area (Å²) in [5, 5.41) is 3.94. The Morgan fingerprint density at radius 2 is 2.07 bits per heavy atom. The fourth-order valence-electron chi connectivity index (χ4n) is 1.34. The van der Waals surface area contributed by atoms with Gasteiger partial charge in [-0.3, -0.25) is 0 Å². The molecule has 0 heterocycles. The second-order valence-electron chi connectivity index (χ2n) is 3.35. The molecule has 0 aliphatic rings. The number of rotatable bonds is 3. The Labute approximate surface area is 90.2 Å². The topological polar surface area (TPSA) is 21.3 Å². The molecule has 1 N–H and O–H groups in total. The molecule has 3 heteroatoms. The maximum absolute atomic E-state index is 6.06. The van der Waals surface area contributed by atoms with Crippen LogP contribution in [0.5, 0.6) is 5.75 Å². The quantitative estimate of drug-likeness (QED) is 0.834. The second kappa shape index (κ2) is 4.67.